The molecule has 17 aromatic carbocycles. The summed E-state index contributed by atoms with van der Waals surface area (Å²) in [4.78, 5) is 56.2. The van der Waals surface area contributed by atoms with Gasteiger partial charge in [0.05, 0.1) is 44.5 Å². The van der Waals surface area contributed by atoms with E-state index in [0.29, 0.717) is 74.7 Å². The van der Waals surface area contributed by atoms with Gasteiger partial charge in [-0.3, -0.25) is 9.13 Å². The zero-order valence-electron chi connectivity index (χ0n) is 73.7. The summed E-state index contributed by atoms with van der Waals surface area (Å²) >= 11 is 0. The molecule has 0 saturated carbocycles. The van der Waals surface area contributed by atoms with Crippen molar-refractivity contribution in [2.24, 2.45) is 0 Å². The Hall–Kier alpha value is -19.1. The van der Waals surface area contributed by atoms with Crippen molar-refractivity contribution in [2.75, 3.05) is 0 Å². The van der Waals surface area contributed by atoms with E-state index in [4.69, 9.17) is 68.1 Å². The van der Waals surface area contributed by atoms with E-state index in [9.17, 15) is 0 Å². The molecule has 0 saturated heterocycles. The molecule has 0 aliphatic carbocycles. The molecule has 0 aliphatic heterocycles. The van der Waals surface area contributed by atoms with E-state index in [-0.39, 0.29) is 0 Å². The third-order valence-corrected chi connectivity index (χ3v) is 25.6. The molecule has 0 fully saturated rings. The fourth-order valence-electron chi connectivity index (χ4n) is 19.2. The van der Waals surface area contributed by atoms with Gasteiger partial charge in [-0.05, 0) is 125 Å². The standard InChI is InChI=1S/C46H29N3O.C38H23N5O.C37H22N6O/c1-2-13-30(14-3-1)31-15-10-16-32(27-31)33-17-11-18-34(28-33)43-45-44(39-23-6-9-26-42(39)50-45)48-46(47-43)35-19-12-20-36(29-35)49-40-24-7-4-21-37(40)38-22-5-8-25-41(38)49;1-3-13-24(14-4-1)29-23-30(25-15-5-2-6-16-25)40-37(39-29)35-36-34(28-19-9-12-22-33(28)44-36)41-38(42-35)43-31-20-10-7-17-26(31)27-18-8-11-21-32(27)43;1-3-13-23(14-4-1)34-40-35(24-15-5-2-6-16-24)42-36(41-34)32-33-31(27-19-9-12-22-30(27)44-33)38-37(39-32)43-28-20-10-7-17-25(28)26-18-8-11-21-29(26)43/h1-29H;1-23H;1-22H. The Bertz CT molecular complexity index is 9000. The van der Waals surface area contributed by atoms with Gasteiger partial charge in [0, 0.05) is 87.5 Å². The summed E-state index contributed by atoms with van der Waals surface area (Å²) < 4.78 is 26.0. The van der Waals surface area contributed by atoms with Crippen molar-refractivity contribution in [1.82, 2.24) is 68.5 Å². The lowest BCUT2D eigenvalue weighted by atomic mass is 9.97. The minimum atomic E-state index is 0.408. The van der Waals surface area contributed by atoms with Crippen LogP contribution < -0.4 is 0 Å². The Balaban J connectivity index is 0.000000107. The van der Waals surface area contributed by atoms with Crippen molar-refractivity contribution < 1.29 is 13.3 Å². The number of fused-ring (bicyclic) bond motifs is 18. The van der Waals surface area contributed by atoms with Gasteiger partial charge in [0.2, 0.25) is 11.9 Å². The Morgan fingerprint density at radius 1 is 0.159 bits per heavy atom. The smallest absolute Gasteiger partial charge is 0.236 e. The van der Waals surface area contributed by atoms with E-state index >= 15 is 0 Å². The number of benzene rings is 17. The largest absolute Gasteiger partial charge is 0.452 e. The highest BCUT2D eigenvalue weighted by Gasteiger charge is 2.29. The number of aromatic nitrogens is 14. The molecular weight excluding hydrogens is 1700 g/mol. The van der Waals surface area contributed by atoms with Gasteiger partial charge in [0.15, 0.2) is 57.3 Å². The lowest BCUT2D eigenvalue weighted by Crippen LogP contribution is -2.06. The van der Waals surface area contributed by atoms with Crippen LogP contribution in [-0.4, -0.2) is 68.5 Å². The topological polar surface area (TPSA) is 196 Å². The maximum Gasteiger partial charge on any atom is 0.236 e. The average Bonchev–Trinajstić information content (AvgIpc) is 1.56. The summed E-state index contributed by atoms with van der Waals surface area (Å²) in [6, 6.07) is 153. The van der Waals surface area contributed by atoms with Crippen molar-refractivity contribution >= 4 is 132 Å². The van der Waals surface area contributed by atoms with E-state index in [1.165, 1.54) is 21.9 Å². The highest BCUT2D eigenvalue weighted by atomic mass is 16.3. The molecule has 28 aromatic rings. The zero-order chi connectivity index (χ0) is 91.1. The van der Waals surface area contributed by atoms with Crippen LogP contribution in [0.15, 0.2) is 462 Å². The number of hydrogen-bond donors (Lipinski definition) is 0. The van der Waals surface area contributed by atoms with E-state index < -0.39 is 0 Å². The molecule has 138 heavy (non-hydrogen) atoms. The van der Waals surface area contributed by atoms with Crippen LogP contribution in [0.2, 0.25) is 0 Å². The molecule has 646 valence electrons. The summed E-state index contributed by atoms with van der Waals surface area (Å²) in [6.07, 6.45) is 0. The molecule has 0 unspecified atom stereocenters. The summed E-state index contributed by atoms with van der Waals surface area (Å²) in [5, 5.41) is 9.77. The second kappa shape index (κ2) is 33.6. The Kier molecular flexibility index (Phi) is 19.4. The number of para-hydroxylation sites is 9. The molecule has 28 rings (SSSR count). The third kappa shape index (κ3) is 14.1. The van der Waals surface area contributed by atoms with Gasteiger partial charge in [-0.15, -0.1) is 0 Å². The van der Waals surface area contributed by atoms with Crippen molar-refractivity contribution in [1.29, 1.82) is 0 Å². The summed E-state index contributed by atoms with van der Waals surface area (Å²) in [5.74, 6) is 3.68. The lowest BCUT2D eigenvalue weighted by Gasteiger charge is -2.11. The fraction of sp³-hybridized carbons (Fsp3) is 0. The molecule has 0 amide bonds. The average molecular weight is 1770 g/mol. The van der Waals surface area contributed by atoms with Crippen molar-refractivity contribution in [3.05, 3.63) is 449 Å². The van der Waals surface area contributed by atoms with Crippen LogP contribution in [0.5, 0.6) is 0 Å². The number of rotatable bonds is 13. The molecule has 0 aliphatic rings. The molecule has 0 N–H and O–H groups in total. The van der Waals surface area contributed by atoms with Crippen molar-refractivity contribution in [2.45, 2.75) is 0 Å². The van der Waals surface area contributed by atoms with Crippen LogP contribution in [0.1, 0.15) is 0 Å². The summed E-state index contributed by atoms with van der Waals surface area (Å²) in [7, 11) is 0. The van der Waals surface area contributed by atoms with E-state index in [1.807, 2.05) is 200 Å². The van der Waals surface area contributed by atoms with Gasteiger partial charge < -0.3 is 17.8 Å². The molecule has 0 atom stereocenters. The molecule has 0 radical (unpaired) electrons. The molecule has 17 heteroatoms. The van der Waals surface area contributed by atoms with E-state index in [0.717, 1.165) is 166 Å². The highest BCUT2D eigenvalue weighted by molar-refractivity contribution is 6.14. The Morgan fingerprint density at radius 2 is 0.442 bits per heavy atom. The molecule has 11 aromatic heterocycles. The van der Waals surface area contributed by atoms with Crippen LogP contribution in [-0.2, 0) is 0 Å². The number of furan rings is 3. The second-order valence-corrected chi connectivity index (χ2v) is 33.9. The first-order chi connectivity index (χ1) is 68.4. The number of hydrogen-bond acceptors (Lipinski definition) is 14. The van der Waals surface area contributed by atoms with Gasteiger partial charge in [-0.2, -0.15) is 0 Å². The predicted octanol–water partition coefficient (Wildman–Crippen LogP) is 30.1. The zero-order valence-corrected chi connectivity index (χ0v) is 73.7. The van der Waals surface area contributed by atoms with Crippen molar-refractivity contribution in [3.8, 4) is 131 Å². The molecule has 0 bridgehead atoms. The SMILES string of the molecule is c1ccc(-c2cc(-c3ccccc3)nc(-c3nc(-n4c5ccccc5c5ccccc54)nc4c3oc3ccccc34)n2)cc1.c1ccc(-c2cccc(-c3cccc(-c4nc(-c5cccc(-n6c7ccccc7c7ccccc76)c5)nc5c4oc4ccccc45)c3)c2)cc1.c1ccc(-c2nc(-c3ccccc3)nc(-c3nc(-n4c5ccccc5c5ccccc54)nc4c3oc3ccccc34)n2)cc1. The first-order valence-electron chi connectivity index (χ1n) is 45.7. The fourth-order valence-corrected chi connectivity index (χ4v) is 19.2. The predicted molar refractivity (Wildman–Crippen MR) is 554 cm³/mol. The van der Waals surface area contributed by atoms with Crippen LogP contribution in [0.4, 0.5) is 0 Å². The van der Waals surface area contributed by atoms with Crippen LogP contribution >= 0.6 is 0 Å². The quantitative estimate of drug-likeness (QED) is 0.106. The molecular formula is C121H74N14O3. The summed E-state index contributed by atoms with van der Waals surface area (Å²) in [6.45, 7) is 0. The molecule has 17 nitrogen and oxygen atoms in total. The highest BCUT2D eigenvalue weighted by Crippen LogP contribution is 2.44. The van der Waals surface area contributed by atoms with E-state index in [1.54, 1.807) is 0 Å². The van der Waals surface area contributed by atoms with Crippen LogP contribution in [0, 0.1) is 0 Å². The Labute approximate surface area is 788 Å². The maximum absolute atomic E-state index is 6.50. The summed E-state index contributed by atoms with van der Waals surface area (Å²) in [5.41, 5.74) is 27.4. The van der Waals surface area contributed by atoms with Gasteiger partial charge >= 0.3 is 0 Å². The minimum Gasteiger partial charge on any atom is -0.452 e. The van der Waals surface area contributed by atoms with Crippen molar-refractivity contribution in [3.63, 3.8) is 0 Å². The lowest BCUT2D eigenvalue weighted by molar-refractivity contribution is 0.665. The monoisotopic (exact) mass is 1770 g/mol. The van der Waals surface area contributed by atoms with Gasteiger partial charge in [-0.25, -0.2) is 54.8 Å². The normalized spacial score (nSPS) is 11.6. The number of nitrogens with zero attached hydrogens (tertiary/aromatic N) is 14. The third-order valence-electron chi connectivity index (χ3n) is 25.6. The van der Waals surface area contributed by atoms with E-state index in [2.05, 4.69) is 262 Å². The second-order valence-electron chi connectivity index (χ2n) is 33.9. The molecule has 0 spiro atoms. The van der Waals surface area contributed by atoms with Crippen LogP contribution in [0.25, 0.3) is 262 Å². The Morgan fingerprint density at radius 3 is 0.855 bits per heavy atom. The first-order valence-corrected chi connectivity index (χ1v) is 45.7. The van der Waals surface area contributed by atoms with Gasteiger partial charge in [0.25, 0.3) is 0 Å². The first kappa shape index (κ1) is 79.8. The maximum atomic E-state index is 6.50. The minimum absolute atomic E-state index is 0.408. The molecule has 11 heterocycles. The van der Waals surface area contributed by atoms with Gasteiger partial charge in [0.1, 0.15) is 39.0 Å². The van der Waals surface area contributed by atoms with Crippen LogP contribution in [0.3, 0.4) is 0 Å². The van der Waals surface area contributed by atoms with Gasteiger partial charge in [-0.1, -0.05) is 346 Å².